The number of fused-ring (bicyclic) bond motifs is 1. The van der Waals surface area contributed by atoms with Crippen LogP contribution in [0.5, 0.6) is 0 Å². The van der Waals surface area contributed by atoms with Crippen LogP contribution < -0.4 is 5.32 Å². The number of nitrogens with one attached hydrogen (secondary N) is 1. The van der Waals surface area contributed by atoms with Crippen molar-refractivity contribution in [3.8, 4) is 17.2 Å². The number of pyridine rings is 1. The molecule has 0 saturated heterocycles. The molecule has 0 aliphatic rings. The Morgan fingerprint density at radius 2 is 1.89 bits per heavy atom. The van der Waals surface area contributed by atoms with E-state index in [1.54, 1.807) is 30.0 Å². The first-order valence-corrected chi connectivity index (χ1v) is 11.4. The van der Waals surface area contributed by atoms with Gasteiger partial charge in [-0.05, 0) is 61.9 Å². The summed E-state index contributed by atoms with van der Waals surface area (Å²) in [5.41, 5.74) is 2.90. The second kappa shape index (κ2) is 9.45. The van der Waals surface area contributed by atoms with Crippen LogP contribution in [-0.2, 0) is 23.9 Å². The lowest BCUT2D eigenvalue weighted by Gasteiger charge is -2.12. The van der Waals surface area contributed by atoms with Gasteiger partial charge in [0, 0.05) is 18.7 Å². The van der Waals surface area contributed by atoms with E-state index in [-0.39, 0.29) is 24.4 Å². The lowest BCUT2D eigenvalue weighted by atomic mass is 10.1. The monoisotopic (exact) mass is 506 g/mol. The molecule has 1 aromatic carbocycles. The molecule has 5 rings (SSSR count). The summed E-state index contributed by atoms with van der Waals surface area (Å²) >= 11 is 0. The van der Waals surface area contributed by atoms with Crippen LogP contribution in [0, 0.1) is 6.92 Å². The van der Waals surface area contributed by atoms with Crippen molar-refractivity contribution in [3.05, 3.63) is 71.8 Å². The Bertz CT molecular complexity index is 1590. The standard InChI is InChI=1S/C25H21F3N8O/c1-3-36-20(13-21(34-36)25(26,27)28)24-16(10-11-37)5-9-23(31-24)35-14-29-18-12-17(6-7-19(18)35)30-22-8-4-15(2)32-33-22/h4-9,11-14H,3,10H2,1-2H3,(H,30,33). The number of anilines is 2. The Hall–Kier alpha value is -4.61. The van der Waals surface area contributed by atoms with E-state index in [0.29, 0.717) is 29.0 Å². The van der Waals surface area contributed by atoms with Gasteiger partial charge in [-0.15, -0.1) is 5.10 Å². The number of rotatable bonds is 7. The highest BCUT2D eigenvalue weighted by Crippen LogP contribution is 2.33. The van der Waals surface area contributed by atoms with Gasteiger partial charge in [0.2, 0.25) is 0 Å². The normalized spacial score (nSPS) is 11.7. The molecule has 4 heterocycles. The molecule has 0 saturated carbocycles. The third kappa shape index (κ3) is 4.77. The Morgan fingerprint density at radius 3 is 2.59 bits per heavy atom. The minimum atomic E-state index is -4.60. The van der Waals surface area contributed by atoms with E-state index in [9.17, 15) is 18.0 Å². The average Bonchev–Trinajstić information content (AvgIpc) is 3.50. The van der Waals surface area contributed by atoms with E-state index >= 15 is 0 Å². The molecule has 5 aromatic rings. The van der Waals surface area contributed by atoms with Crippen molar-refractivity contribution in [1.29, 1.82) is 0 Å². The van der Waals surface area contributed by atoms with E-state index in [1.165, 1.54) is 4.68 Å². The predicted molar refractivity (Wildman–Crippen MR) is 131 cm³/mol. The van der Waals surface area contributed by atoms with Crippen molar-refractivity contribution < 1.29 is 18.0 Å². The maximum atomic E-state index is 13.4. The van der Waals surface area contributed by atoms with Crippen LogP contribution in [0.25, 0.3) is 28.2 Å². The molecule has 0 spiro atoms. The van der Waals surface area contributed by atoms with Gasteiger partial charge in [-0.25, -0.2) is 9.97 Å². The zero-order valence-electron chi connectivity index (χ0n) is 19.9. The van der Waals surface area contributed by atoms with Gasteiger partial charge in [0.15, 0.2) is 11.5 Å². The van der Waals surface area contributed by atoms with E-state index < -0.39 is 11.9 Å². The lowest BCUT2D eigenvalue weighted by Crippen LogP contribution is -2.08. The molecule has 0 radical (unpaired) electrons. The number of aryl methyl sites for hydroxylation is 2. The fraction of sp³-hybridized carbons (Fsp3) is 0.200. The average molecular weight is 506 g/mol. The number of aldehydes is 1. The summed E-state index contributed by atoms with van der Waals surface area (Å²) in [6, 6.07) is 13.6. The number of hydrogen-bond donors (Lipinski definition) is 1. The molecule has 0 amide bonds. The van der Waals surface area contributed by atoms with Crippen LogP contribution in [0.2, 0.25) is 0 Å². The van der Waals surface area contributed by atoms with E-state index in [0.717, 1.165) is 23.0 Å². The highest BCUT2D eigenvalue weighted by molar-refractivity contribution is 5.82. The maximum Gasteiger partial charge on any atom is 0.435 e. The number of nitrogens with zero attached hydrogens (tertiary/aromatic N) is 7. The zero-order chi connectivity index (χ0) is 26.2. The topological polar surface area (TPSA) is 103 Å². The number of imidazole rings is 1. The first-order chi connectivity index (χ1) is 17.8. The van der Waals surface area contributed by atoms with Crippen LogP contribution in [0.3, 0.4) is 0 Å². The zero-order valence-corrected chi connectivity index (χ0v) is 19.9. The minimum Gasteiger partial charge on any atom is -0.339 e. The largest absolute Gasteiger partial charge is 0.435 e. The van der Waals surface area contributed by atoms with Crippen molar-refractivity contribution >= 4 is 28.8 Å². The Kier molecular flexibility index (Phi) is 6.15. The van der Waals surface area contributed by atoms with E-state index in [4.69, 9.17) is 0 Å². The van der Waals surface area contributed by atoms with Crippen LogP contribution in [0.15, 0.2) is 54.9 Å². The summed E-state index contributed by atoms with van der Waals surface area (Å²) in [7, 11) is 0. The molecule has 0 aliphatic carbocycles. The number of halogens is 3. The number of carbonyl (C=O) groups excluding carboxylic acids is 1. The molecule has 0 atom stereocenters. The Morgan fingerprint density at radius 1 is 1.05 bits per heavy atom. The third-order valence-electron chi connectivity index (χ3n) is 5.74. The first kappa shape index (κ1) is 24.1. The third-order valence-corrected chi connectivity index (χ3v) is 5.74. The summed E-state index contributed by atoms with van der Waals surface area (Å²) in [5.74, 6) is 1.03. The minimum absolute atomic E-state index is 0.000464. The lowest BCUT2D eigenvalue weighted by molar-refractivity contribution is -0.141. The fourth-order valence-corrected chi connectivity index (χ4v) is 3.96. The number of hydrogen-bond acceptors (Lipinski definition) is 7. The summed E-state index contributed by atoms with van der Waals surface area (Å²) in [6.07, 6.45) is -2.32. The summed E-state index contributed by atoms with van der Waals surface area (Å²) in [5, 5.41) is 15.0. The summed E-state index contributed by atoms with van der Waals surface area (Å²) in [6.45, 7) is 3.75. The van der Waals surface area contributed by atoms with Crippen LogP contribution >= 0.6 is 0 Å². The summed E-state index contributed by atoms with van der Waals surface area (Å²) in [4.78, 5) is 20.4. The van der Waals surface area contributed by atoms with Gasteiger partial charge >= 0.3 is 6.18 Å². The second-order valence-electron chi connectivity index (χ2n) is 8.28. The highest BCUT2D eigenvalue weighted by atomic mass is 19.4. The Balaban J connectivity index is 1.55. The van der Waals surface area contributed by atoms with Gasteiger partial charge in [0.1, 0.15) is 18.4 Å². The molecule has 1 N–H and O–H groups in total. The molecule has 12 heteroatoms. The quantitative estimate of drug-likeness (QED) is 0.313. The molecule has 0 fully saturated rings. The Labute approximate surface area is 209 Å². The van der Waals surface area contributed by atoms with Gasteiger partial charge in [-0.2, -0.15) is 23.4 Å². The van der Waals surface area contributed by atoms with E-state index in [2.05, 4.69) is 30.6 Å². The van der Waals surface area contributed by atoms with Crippen molar-refractivity contribution in [1.82, 2.24) is 34.5 Å². The predicted octanol–water partition coefficient (Wildman–Crippen LogP) is 4.91. The molecule has 37 heavy (non-hydrogen) atoms. The highest BCUT2D eigenvalue weighted by Gasteiger charge is 2.35. The fourth-order valence-electron chi connectivity index (χ4n) is 3.96. The van der Waals surface area contributed by atoms with Gasteiger partial charge < -0.3 is 10.1 Å². The van der Waals surface area contributed by atoms with Crippen LogP contribution in [0.1, 0.15) is 23.9 Å². The maximum absolute atomic E-state index is 13.4. The van der Waals surface area contributed by atoms with Crippen LogP contribution in [-0.4, -0.2) is 40.8 Å². The molecule has 188 valence electrons. The van der Waals surface area contributed by atoms with Crippen molar-refractivity contribution in [2.24, 2.45) is 0 Å². The molecule has 0 aliphatic heterocycles. The first-order valence-electron chi connectivity index (χ1n) is 11.4. The SMILES string of the molecule is CCn1nc(C(F)(F)F)cc1-c1nc(-n2cnc3cc(Nc4ccc(C)nn4)ccc32)ccc1CC=O. The van der Waals surface area contributed by atoms with Crippen molar-refractivity contribution in [2.75, 3.05) is 5.32 Å². The number of carbonyl (C=O) groups is 1. The molecule has 9 nitrogen and oxygen atoms in total. The van der Waals surface area contributed by atoms with Gasteiger partial charge in [-0.3, -0.25) is 9.25 Å². The molecule has 0 unspecified atom stereocenters. The number of aromatic nitrogens is 7. The molecule has 0 bridgehead atoms. The molecular formula is C25H21F3N8O. The smallest absolute Gasteiger partial charge is 0.339 e. The van der Waals surface area contributed by atoms with Crippen LogP contribution in [0.4, 0.5) is 24.7 Å². The molecular weight excluding hydrogens is 485 g/mol. The van der Waals surface area contributed by atoms with Gasteiger partial charge in [0.25, 0.3) is 0 Å². The van der Waals surface area contributed by atoms with Gasteiger partial charge in [0.05, 0.1) is 28.1 Å². The second-order valence-corrected chi connectivity index (χ2v) is 8.28. The molecule has 4 aromatic heterocycles. The van der Waals surface area contributed by atoms with Crippen molar-refractivity contribution in [2.45, 2.75) is 33.0 Å². The van der Waals surface area contributed by atoms with Gasteiger partial charge in [-0.1, -0.05) is 6.07 Å². The number of benzene rings is 1. The van der Waals surface area contributed by atoms with Crippen molar-refractivity contribution in [3.63, 3.8) is 0 Å². The van der Waals surface area contributed by atoms with E-state index in [1.807, 2.05) is 37.3 Å². The summed E-state index contributed by atoms with van der Waals surface area (Å²) < 4.78 is 43.1. The number of alkyl halides is 3.